The minimum atomic E-state index is -0.456. The molecule has 0 radical (unpaired) electrons. The molecular weight excluding hydrogens is 316 g/mol. The highest BCUT2D eigenvalue weighted by atomic mass is 32.2. The van der Waals surface area contributed by atoms with E-state index in [1.165, 1.54) is 9.75 Å². The second kappa shape index (κ2) is 9.20. The standard InChI is InChI=1S/C16H26N2O2S2/c1-6-15(19)18-14(7-8-21-5)16(20)17-11(3)13-9-10(2)22-12(13)4/h9,11,14H,6-8H2,1-5H3,(H,17,20)(H,18,19)/t11-,14+/m0/s1. The molecule has 0 aliphatic rings. The van der Waals surface area contributed by atoms with Gasteiger partial charge in [-0.15, -0.1) is 11.3 Å². The van der Waals surface area contributed by atoms with Crippen LogP contribution in [0.1, 0.15) is 48.0 Å². The van der Waals surface area contributed by atoms with Gasteiger partial charge in [0.25, 0.3) is 0 Å². The van der Waals surface area contributed by atoms with Crippen molar-refractivity contribution in [3.63, 3.8) is 0 Å². The molecule has 1 aromatic rings. The van der Waals surface area contributed by atoms with E-state index in [-0.39, 0.29) is 17.9 Å². The van der Waals surface area contributed by atoms with Gasteiger partial charge < -0.3 is 10.6 Å². The molecular formula is C16H26N2O2S2. The lowest BCUT2D eigenvalue weighted by Gasteiger charge is -2.21. The predicted molar refractivity (Wildman–Crippen MR) is 95.6 cm³/mol. The summed E-state index contributed by atoms with van der Waals surface area (Å²) in [5, 5.41) is 5.85. The van der Waals surface area contributed by atoms with Crippen LogP contribution in [0.15, 0.2) is 6.07 Å². The third-order valence-electron chi connectivity index (χ3n) is 3.49. The van der Waals surface area contributed by atoms with E-state index in [9.17, 15) is 9.59 Å². The first kappa shape index (κ1) is 19.0. The lowest BCUT2D eigenvalue weighted by Crippen LogP contribution is -2.47. The van der Waals surface area contributed by atoms with Crippen molar-refractivity contribution in [2.45, 2.75) is 52.6 Å². The Morgan fingerprint density at radius 2 is 2.00 bits per heavy atom. The van der Waals surface area contributed by atoms with Crippen molar-refractivity contribution >= 4 is 34.9 Å². The monoisotopic (exact) mass is 342 g/mol. The van der Waals surface area contributed by atoms with Crippen molar-refractivity contribution in [3.8, 4) is 0 Å². The first-order valence-electron chi connectivity index (χ1n) is 7.54. The zero-order chi connectivity index (χ0) is 16.7. The highest BCUT2D eigenvalue weighted by Gasteiger charge is 2.22. The van der Waals surface area contributed by atoms with Gasteiger partial charge in [0, 0.05) is 16.2 Å². The first-order valence-corrected chi connectivity index (χ1v) is 9.75. The molecule has 124 valence electrons. The van der Waals surface area contributed by atoms with Gasteiger partial charge in [0.2, 0.25) is 11.8 Å². The summed E-state index contributed by atoms with van der Waals surface area (Å²) in [6.07, 6.45) is 3.03. The maximum absolute atomic E-state index is 12.5. The van der Waals surface area contributed by atoms with E-state index >= 15 is 0 Å². The van der Waals surface area contributed by atoms with Crippen molar-refractivity contribution < 1.29 is 9.59 Å². The Morgan fingerprint density at radius 3 is 2.50 bits per heavy atom. The molecule has 1 rings (SSSR count). The molecule has 0 fully saturated rings. The molecule has 2 N–H and O–H groups in total. The number of thiophene rings is 1. The predicted octanol–water partition coefficient (Wildman–Crippen LogP) is 3.19. The molecule has 2 atom stereocenters. The molecule has 1 heterocycles. The average Bonchev–Trinajstić information content (AvgIpc) is 2.81. The number of amides is 2. The minimum Gasteiger partial charge on any atom is -0.348 e. The van der Waals surface area contributed by atoms with Crippen LogP contribution in [-0.2, 0) is 9.59 Å². The normalized spacial score (nSPS) is 13.5. The SMILES string of the molecule is CCC(=O)N[C@H](CCSC)C(=O)N[C@@H](C)c1cc(C)sc1C. The quantitative estimate of drug-likeness (QED) is 0.763. The summed E-state index contributed by atoms with van der Waals surface area (Å²) in [6.45, 7) is 7.91. The number of aryl methyl sites for hydroxylation is 2. The number of rotatable bonds is 8. The number of hydrogen-bond acceptors (Lipinski definition) is 4. The van der Waals surface area contributed by atoms with Crippen LogP contribution >= 0.6 is 23.1 Å². The molecule has 0 aliphatic carbocycles. The topological polar surface area (TPSA) is 58.2 Å². The van der Waals surface area contributed by atoms with Crippen LogP contribution in [0.25, 0.3) is 0 Å². The van der Waals surface area contributed by atoms with E-state index in [4.69, 9.17) is 0 Å². The molecule has 0 spiro atoms. The Hall–Kier alpha value is -1.01. The summed E-state index contributed by atoms with van der Waals surface area (Å²) in [6, 6.07) is 1.61. The number of carbonyl (C=O) groups is 2. The van der Waals surface area contributed by atoms with E-state index in [1.54, 1.807) is 30.0 Å². The zero-order valence-corrected chi connectivity index (χ0v) is 15.6. The number of nitrogens with one attached hydrogen (secondary N) is 2. The Bertz CT molecular complexity index is 514. The van der Waals surface area contributed by atoms with Gasteiger partial charge in [0.1, 0.15) is 6.04 Å². The third-order valence-corrected chi connectivity index (χ3v) is 5.11. The molecule has 0 aliphatic heterocycles. The molecule has 0 unspecified atom stereocenters. The van der Waals surface area contributed by atoms with Gasteiger partial charge in [-0.1, -0.05) is 6.92 Å². The van der Waals surface area contributed by atoms with Crippen molar-refractivity contribution in [3.05, 3.63) is 21.4 Å². The lowest BCUT2D eigenvalue weighted by atomic mass is 10.1. The van der Waals surface area contributed by atoms with Crippen molar-refractivity contribution in [1.82, 2.24) is 10.6 Å². The summed E-state index contributed by atoms with van der Waals surface area (Å²) in [4.78, 5) is 26.5. The number of carbonyl (C=O) groups excluding carboxylic acids is 2. The van der Waals surface area contributed by atoms with E-state index < -0.39 is 6.04 Å². The van der Waals surface area contributed by atoms with Crippen LogP contribution in [0.5, 0.6) is 0 Å². The lowest BCUT2D eigenvalue weighted by molar-refractivity contribution is -0.129. The number of thioether (sulfide) groups is 1. The van der Waals surface area contributed by atoms with Crippen LogP contribution < -0.4 is 10.6 Å². The van der Waals surface area contributed by atoms with E-state index in [0.29, 0.717) is 12.8 Å². The fraction of sp³-hybridized carbons (Fsp3) is 0.625. The fourth-order valence-electron chi connectivity index (χ4n) is 2.27. The molecule has 4 nitrogen and oxygen atoms in total. The molecule has 0 saturated heterocycles. The van der Waals surface area contributed by atoms with Gasteiger partial charge in [-0.05, 0) is 50.8 Å². The summed E-state index contributed by atoms with van der Waals surface area (Å²) in [5.74, 6) is 0.649. The first-order chi connectivity index (χ1) is 10.4. The summed E-state index contributed by atoms with van der Waals surface area (Å²) < 4.78 is 0. The summed E-state index contributed by atoms with van der Waals surface area (Å²) >= 11 is 3.41. The molecule has 0 aromatic carbocycles. The summed E-state index contributed by atoms with van der Waals surface area (Å²) in [5.41, 5.74) is 1.15. The maximum Gasteiger partial charge on any atom is 0.243 e. The van der Waals surface area contributed by atoms with Gasteiger partial charge in [-0.3, -0.25) is 9.59 Å². The molecule has 22 heavy (non-hydrogen) atoms. The molecule has 2 amide bonds. The van der Waals surface area contributed by atoms with Crippen LogP contribution in [0, 0.1) is 13.8 Å². The second-order valence-electron chi connectivity index (χ2n) is 5.35. The van der Waals surface area contributed by atoms with Crippen molar-refractivity contribution in [2.24, 2.45) is 0 Å². The highest BCUT2D eigenvalue weighted by Crippen LogP contribution is 2.26. The Morgan fingerprint density at radius 1 is 1.32 bits per heavy atom. The van der Waals surface area contributed by atoms with Crippen molar-refractivity contribution in [1.29, 1.82) is 0 Å². The van der Waals surface area contributed by atoms with Crippen LogP contribution in [0.3, 0.4) is 0 Å². The van der Waals surface area contributed by atoms with Crippen LogP contribution in [-0.4, -0.2) is 29.9 Å². The van der Waals surface area contributed by atoms with Crippen LogP contribution in [0.2, 0.25) is 0 Å². The smallest absolute Gasteiger partial charge is 0.243 e. The molecule has 0 bridgehead atoms. The van der Waals surface area contributed by atoms with Crippen LogP contribution in [0.4, 0.5) is 0 Å². The maximum atomic E-state index is 12.5. The van der Waals surface area contributed by atoms with Gasteiger partial charge in [0.05, 0.1) is 6.04 Å². The van der Waals surface area contributed by atoms with E-state index in [1.807, 2.05) is 13.2 Å². The second-order valence-corrected chi connectivity index (χ2v) is 7.80. The van der Waals surface area contributed by atoms with Crippen molar-refractivity contribution in [2.75, 3.05) is 12.0 Å². The van der Waals surface area contributed by atoms with E-state index in [0.717, 1.165) is 11.3 Å². The van der Waals surface area contributed by atoms with Gasteiger partial charge in [-0.2, -0.15) is 11.8 Å². The van der Waals surface area contributed by atoms with Gasteiger partial charge in [0.15, 0.2) is 0 Å². The Labute approximate surface area is 141 Å². The Kier molecular flexibility index (Phi) is 7.96. The summed E-state index contributed by atoms with van der Waals surface area (Å²) in [7, 11) is 0. The fourth-order valence-corrected chi connectivity index (χ4v) is 3.77. The third kappa shape index (κ3) is 5.65. The Balaban J connectivity index is 2.72. The largest absolute Gasteiger partial charge is 0.348 e. The van der Waals surface area contributed by atoms with Gasteiger partial charge >= 0.3 is 0 Å². The molecule has 1 aromatic heterocycles. The highest BCUT2D eigenvalue weighted by molar-refractivity contribution is 7.98. The molecule has 6 heteroatoms. The van der Waals surface area contributed by atoms with Gasteiger partial charge in [-0.25, -0.2) is 0 Å². The molecule has 0 saturated carbocycles. The zero-order valence-electron chi connectivity index (χ0n) is 14.0. The van der Waals surface area contributed by atoms with E-state index in [2.05, 4.69) is 30.5 Å². The average molecular weight is 343 g/mol. The minimum absolute atomic E-state index is 0.0484. The number of hydrogen-bond donors (Lipinski definition) is 2.